The Bertz CT molecular complexity index is 1990. The van der Waals surface area contributed by atoms with Gasteiger partial charge in [0.2, 0.25) is 0 Å². The molecule has 2 nitrogen and oxygen atoms in total. The van der Waals surface area contributed by atoms with Gasteiger partial charge >= 0.3 is 0 Å². The third-order valence-electron chi connectivity index (χ3n) is 8.74. The van der Waals surface area contributed by atoms with Crippen molar-refractivity contribution in [1.82, 2.24) is 0 Å². The van der Waals surface area contributed by atoms with E-state index in [0.717, 1.165) is 55.7 Å². The molecule has 0 fully saturated rings. The lowest BCUT2D eigenvalue weighted by Gasteiger charge is -2.22. The van der Waals surface area contributed by atoms with E-state index in [1.807, 2.05) is 12.1 Å². The number of hydrogen-bond donors (Lipinski definition) is 2. The maximum absolute atomic E-state index is 7.26. The van der Waals surface area contributed by atoms with Gasteiger partial charge in [0, 0.05) is 28.0 Å². The van der Waals surface area contributed by atoms with Crippen LogP contribution in [0.4, 0.5) is 5.69 Å². The summed E-state index contributed by atoms with van der Waals surface area (Å²) in [7, 11) is 0. The van der Waals surface area contributed by atoms with E-state index >= 15 is 0 Å². The minimum Gasteiger partial charge on any atom is -0.398 e. The molecule has 0 amide bonds. The molecule has 4 N–H and O–H groups in total. The van der Waals surface area contributed by atoms with Gasteiger partial charge in [0.1, 0.15) is 0 Å². The molecule has 224 valence electrons. The summed E-state index contributed by atoms with van der Waals surface area (Å²) >= 11 is 0. The Hall–Kier alpha value is -5.04. The Morgan fingerprint density at radius 3 is 1.53 bits per heavy atom. The van der Waals surface area contributed by atoms with E-state index in [2.05, 4.69) is 156 Å². The van der Waals surface area contributed by atoms with Crippen molar-refractivity contribution in [3.05, 3.63) is 161 Å². The lowest BCUT2D eigenvalue weighted by molar-refractivity contribution is 0.590. The molecule has 0 unspecified atom stereocenters. The minimum atomic E-state index is 0.000253. The van der Waals surface area contributed by atoms with Gasteiger partial charge in [-0.1, -0.05) is 163 Å². The van der Waals surface area contributed by atoms with Crippen LogP contribution in [0.2, 0.25) is 0 Å². The lowest BCUT2D eigenvalue weighted by atomic mass is 9.83. The Labute approximate surface area is 268 Å². The van der Waals surface area contributed by atoms with Gasteiger partial charge in [-0.15, -0.1) is 5.73 Å². The molecule has 0 heterocycles. The smallest absolute Gasteiger partial charge is 0.0566 e. The molecule has 6 rings (SSSR count). The molecule has 0 atom stereocenters. The van der Waals surface area contributed by atoms with E-state index in [9.17, 15) is 0 Å². The summed E-state index contributed by atoms with van der Waals surface area (Å²) in [6, 6.07) is 42.7. The molecule has 0 spiro atoms. The molecule has 0 aliphatic heterocycles. The van der Waals surface area contributed by atoms with Gasteiger partial charge in [-0.05, 0) is 49.8 Å². The first-order valence-corrected chi connectivity index (χ1v) is 15.7. The van der Waals surface area contributed by atoms with Crippen LogP contribution in [-0.2, 0) is 10.8 Å². The summed E-state index contributed by atoms with van der Waals surface area (Å²) in [6.07, 6.45) is 0. The van der Waals surface area contributed by atoms with E-state index in [-0.39, 0.29) is 10.8 Å². The summed E-state index contributed by atoms with van der Waals surface area (Å²) in [4.78, 5) is 0. The van der Waals surface area contributed by atoms with Crippen molar-refractivity contribution >= 4 is 22.4 Å². The number of nitrogens with two attached hydrogens (primary N) is 2. The van der Waals surface area contributed by atoms with Gasteiger partial charge in [-0.3, -0.25) is 0 Å². The normalized spacial score (nSPS) is 13.6. The number of rotatable bonds is 5. The molecule has 0 radical (unpaired) electrons. The Kier molecular flexibility index (Phi) is 7.65. The molecular weight excluding hydrogens is 544 g/mol. The van der Waals surface area contributed by atoms with Crippen LogP contribution in [0.5, 0.6) is 0 Å². The van der Waals surface area contributed by atoms with E-state index in [0.29, 0.717) is 11.4 Å². The first-order valence-electron chi connectivity index (χ1n) is 15.7. The molecule has 0 aromatic heterocycles. The Morgan fingerprint density at radius 2 is 0.956 bits per heavy atom. The maximum Gasteiger partial charge on any atom is 0.0566 e. The topological polar surface area (TPSA) is 52.0 Å². The van der Waals surface area contributed by atoms with Gasteiger partial charge in [0.25, 0.3) is 0 Å². The highest BCUT2D eigenvalue weighted by Crippen LogP contribution is 2.47. The standard InChI is InChI=1S/C43H42N2/c1-42(2,3)32-21-13-19-30(25-32)38-34(28-15-9-7-10-16-28)23-24-35(40(38)44)37-27-36(29-17-11-8-12-18-29)39(41(37)45)31-20-14-22-33(26-31)43(4,5)6/h7-26H,44-45H2,1-6H3. The van der Waals surface area contributed by atoms with Crippen LogP contribution < -0.4 is 11.5 Å². The highest BCUT2D eigenvalue weighted by atomic mass is 14.6. The number of nitrogen functional groups attached to an aromatic ring is 1. The van der Waals surface area contributed by atoms with Crippen molar-refractivity contribution in [2.75, 3.05) is 5.73 Å². The highest BCUT2D eigenvalue weighted by molar-refractivity contribution is 6.16. The van der Waals surface area contributed by atoms with Gasteiger partial charge in [-0.25, -0.2) is 0 Å². The van der Waals surface area contributed by atoms with Gasteiger partial charge in [0.15, 0.2) is 0 Å². The summed E-state index contributed by atoms with van der Waals surface area (Å²) in [6.45, 7) is 13.4. The third-order valence-corrected chi connectivity index (χ3v) is 8.74. The van der Waals surface area contributed by atoms with Gasteiger partial charge in [-0.2, -0.15) is 0 Å². The zero-order valence-corrected chi connectivity index (χ0v) is 27.2. The van der Waals surface area contributed by atoms with Crippen molar-refractivity contribution in [3.63, 3.8) is 0 Å². The molecule has 0 saturated heterocycles. The highest BCUT2D eigenvalue weighted by Gasteiger charge is 2.27. The minimum absolute atomic E-state index is 0.000253. The van der Waals surface area contributed by atoms with Crippen molar-refractivity contribution < 1.29 is 0 Å². The van der Waals surface area contributed by atoms with Crippen LogP contribution in [0.15, 0.2) is 133 Å². The fourth-order valence-corrected chi connectivity index (χ4v) is 6.14. The predicted octanol–water partition coefficient (Wildman–Crippen LogP) is 10.6. The quantitative estimate of drug-likeness (QED) is 0.159. The second kappa shape index (κ2) is 11.5. The van der Waals surface area contributed by atoms with E-state index in [4.69, 9.17) is 11.5 Å². The summed E-state index contributed by atoms with van der Waals surface area (Å²) < 4.78 is 0. The van der Waals surface area contributed by atoms with Gasteiger partial charge < -0.3 is 11.5 Å². The number of anilines is 1. The van der Waals surface area contributed by atoms with Crippen LogP contribution >= 0.6 is 0 Å². The van der Waals surface area contributed by atoms with Crippen molar-refractivity contribution in [2.45, 2.75) is 52.4 Å². The first kappa shape index (κ1) is 30.0. The summed E-state index contributed by atoms with van der Waals surface area (Å²) in [5.41, 5.74) is 32.2. The first-order chi connectivity index (χ1) is 21.4. The summed E-state index contributed by atoms with van der Waals surface area (Å²) in [5.74, 6) is 0. The number of hydrogen-bond acceptors (Lipinski definition) is 2. The molecule has 0 bridgehead atoms. The van der Waals surface area contributed by atoms with Crippen LogP contribution in [0, 0.1) is 0 Å². The maximum atomic E-state index is 7.26. The average Bonchev–Trinajstić information content (AvgIpc) is 3.37. The lowest BCUT2D eigenvalue weighted by Crippen LogP contribution is -2.12. The SMILES string of the molecule is CC(C)(C)c1cccc(C2=C(N)C(c3ccc(-c4ccccc4)c(-c4cccc(C(C)(C)C)c4)c3N)=C=C2c2ccccc2)c1. The zero-order chi connectivity index (χ0) is 31.9. The fourth-order valence-electron chi connectivity index (χ4n) is 6.14. The second-order valence-electron chi connectivity index (χ2n) is 14.0. The average molecular weight is 587 g/mol. The molecule has 1 aliphatic carbocycles. The summed E-state index contributed by atoms with van der Waals surface area (Å²) in [5, 5.41) is 0. The molecule has 0 saturated carbocycles. The van der Waals surface area contributed by atoms with E-state index in [1.165, 1.54) is 11.1 Å². The number of allylic oxidation sites excluding steroid dienone is 2. The Morgan fingerprint density at radius 1 is 0.467 bits per heavy atom. The van der Waals surface area contributed by atoms with Crippen molar-refractivity contribution in [2.24, 2.45) is 5.73 Å². The van der Waals surface area contributed by atoms with E-state index < -0.39 is 0 Å². The third kappa shape index (κ3) is 5.78. The second-order valence-corrected chi connectivity index (χ2v) is 14.0. The van der Waals surface area contributed by atoms with Gasteiger partial charge in [0.05, 0.1) is 11.3 Å². The zero-order valence-electron chi connectivity index (χ0n) is 27.2. The molecule has 5 aromatic carbocycles. The largest absolute Gasteiger partial charge is 0.398 e. The molecule has 2 heteroatoms. The molecule has 45 heavy (non-hydrogen) atoms. The fraction of sp³-hybridized carbons (Fsp3) is 0.186. The van der Waals surface area contributed by atoms with Crippen LogP contribution in [0.1, 0.15) is 69.4 Å². The monoisotopic (exact) mass is 586 g/mol. The molecule has 5 aromatic rings. The number of benzene rings is 5. The molecular formula is C43H42N2. The van der Waals surface area contributed by atoms with Crippen molar-refractivity contribution in [3.8, 4) is 22.3 Å². The predicted molar refractivity (Wildman–Crippen MR) is 193 cm³/mol. The van der Waals surface area contributed by atoms with Crippen LogP contribution in [-0.4, -0.2) is 0 Å². The van der Waals surface area contributed by atoms with Crippen LogP contribution in [0.3, 0.4) is 0 Å². The Balaban J connectivity index is 1.62. The molecule has 1 aliphatic rings. The van der Waals surface area contributed by atoms with E-state index in [1.54, 1.807) is 0 Å². The van der Waals surface area contributed by atoms with Crippen LogP contribution in [0.25, 0.3) is 39.0 Å². The van der Waals surface area contributed by atoms with Crippen molar-refractivity contribution in [1.29, 1.82) is 0 Å².